The van der Waals surface area contributed by atoms with Crippen LogP contribution in [-0.2, 0) is 13.0 Å². The molecule has 3 nitrogen and oxygen atoms in total. The Bertz CT molecular complexity index is 496. The Morgan fingerprint density at radius 2 is 2.05 bits per heavy atom. The molecule has 0 saturated heterocycles. The highest BCUT2D eigenvalue weighted by Gasteiger charge is 2.02. The van der Waals surface area contributed by atoms with Crippen LogP contribution in [0.5, 0.6) is 0 Å². The topological polar surface area (TPSA) is 28.2 Å². The van der Waals surface area contributed by atoms with Crippen LogP contribution in [0.3, 0.4) is 0 Å². The highest BCUT2D eigenvalue weighted by Crippen LogP contribution is 2.11. The molecule has 100 valence electrons. The number of pyridine rings is 1. The van der Waals surface area contributed by atoms with E-state index in [1.54, 1.807) is 0 Å². The molecule has 0 fully saturated rings. The van der Waals surface area contributed by atoms with Crippen molar-refractivity contribution in [2.75, 3.05) is 26.0 Å². The maximum atomic E-state index is 4.35. The van der Waals surface area contributed by atoms with E-state index in [1.165, 1.54) is 5.56 Å². The highest BCUT2D eigenvalue weighted by atomic mass is 15.1. The van der Waals surface area contributed by atoms with E-state index >= 15 is 0 Å². The van der Waals surface area contributed by atoms with Gasteiger partial charge < -0.3 is 10.2 Å². The van der Waals surface area contributed by atoms with Crippen LogP contribution in [-0.4, -0.2) is 30.5 Å². The first-order valence-electron chi connectivity index (χ1n) is 6.63. The summed E-state index contributed by atoms with van der Waals surface area (Å²) >= 11 is 0. The lowest BCUT2D eigenvalue weighted by Crippen LogP contribution is -2.21. The summed E-state index contributed by atoms with van der Waals surface area (Å²) in [6.45, 7) is 1.98. The Labute approximate surface area is 115 Å². The zero-order chi connectivity index (χ0) is 13.5. The Kier molecular flexibility index (Phi) is 4.93. The van der Waals surface area contributed by atoms with E-state index in [-0.39, 0.29) is 0 Å². The summed E-state index contributed by atoms with van der Waals surface area (Å²) < 4.78 is 0. The minimum absolute atomic E-state index is 0.961. The van der Waals surface area contributed by atoms with Gasteiger partial charge in [-0.15, -0.1) is 0 Å². The van der Waals surface area contributed by atoms with E-state index in [2.05, 4.69) is 52.6 Å². The first kappa shape index (κ1) is 13.6. The molecule has 0 radical (unpaired) electrons. The van der Waals surface area contributed by atoms with E-state index in [0.29, 0.717) is 0 Å². The number of nitrogens with one attached hydrogen (secondary N) is 1. The molecular weight excluding hydrogens is 234 g/mol. The molecule has 0 spiro atoms. The molecule has 1 heterocycles. The summed E-state index contributed by atoms with van der Waals surface area (Å²) in [6.07, 6.45) is 2.84. The number of hydrogen-bond donors (Lipinski definition) is 1. The normalized spacial score (nSPS) is 10.7. The molecule has 0 bridgehead atoms. The fraction of sp³-hybridized carbons (Fsp3) is 0.312. The molecule has 0 unspecified atom stereocenters. The zero-order valence-electron chi connectivity index (χ0n) is 11.6. The number of aromatic nitrogens is 1. The Morgan fingerprint density at radius 1 is 1.16 bits per heavy atom. The van der Waals surface area contributed by atoms with Gasteiger partial charge in [0.25, 0.3) is 0 Å². The second-order valence-corrected chi connectivity index (χ2v) is 4.76. The monoisotopic (exact) mass is 255 g/mol. The molecule has 0 aliphatic carbocycles. The predicted octanol–water partition coefficient (Wildman–Crippen LogP) is 2.80. The molecule has 3 heteroatoms. The molecule has 0 aliphatic heterocycles. The fourth-order valence-electron chi connectivity index (χ4n) is 2.07. The zero-order valence-corrected chi connectivity index (χ0v) is 11.6. The number of rotatable bonds is 6. The van der Waals surface area contributed by atoms with Gasteiger partial charge in [0, 0.05) is 44.1 Å². The summed E-state index contributed by atoms with van der Waals surface area (Å²) in [6, 6.07) is 14.6. The summed E-state index contributed by atoms with van der Waals surface area (Å²) in [7, 11) is 4.10. The molecule has 19 heavy (non-hydrogen) atoms. The van der Waals surface area contributed by atoms with Crippen molar-refractivity contribution in [3.63, 3.8) is 0 Å². The lowest BCUT2D eigenvalue weighted by Gasteiger charge is -2.17. The van der Waals surface area contributed by atoms with Gasteiger partial charge >= 0.3 is 0 Å². The SMILES string of the molecule is CNc1cccc(CN(C)CCc2ccccn2)c1. The summed E-state index contributed by atoms with van der Waals surface area (Å²) in [5.41, 5.74) is 3.64. The van der Waals surface area contributed by atoms with Crippen LogP contribution in [0.4, 0.5) is 5.69 Å². The van der Waals surface area contributed by atoms with Gasteiger partial charge in [-0.2, -0.15) is 0 Å². The van der Waals surface area contributed by atoms with E-state index in [1.807, 2.05) is 25.4 Å². The van der Waals surface area contributed by atoms with E-state index in [9.17, 15) is 0 Å². The molecular formula is C16H21N3. The molecule has 2 aromatic rings. The summed E-state index contributed by atoms with van der Waals surface area (Å²) in [5.74, 6) is 0. The Morgan fingerprint density at radius 3 is 2.79 bits per heavy atom. The van der Waals surface area contributed by atoms with Crippen molar-refractivity contribution >= 4 is 5.69 Å². The standard InChI is InChI=1S/C16H21N3/c1-17-16-8-5-6-14(12-16)13-19(2)11-9-15-7-3-4-10-18-15/h3-8,10,12,17H,9,11,13H2,1-2H3. The van der Waals surface area contributed by atoms with Crippen LogP contribution in [0.25, 0.3) is 0 Å². The average Bonchev–Trinajstić information content (AvgIpc) is 2.46. The van der Waals surface area contributed by atoms with Gasteiger partial charge in [0.05, 0.1) is 0 Å². The quantitative estimate of drug-likeness (QED) is 0.860. The summed E-state index contributed by atoms with van der Waals surface area (Å²) in [4.78, 5) is 6.67. The van der Waals surface area contributed by atoms with Crippen LogP contribution in [0.15, 0.2) is 48.7 Å². The fourth-order valence-corrected chi connectivity index (χ4v) is 2.07. The van der Waals surface area contributed by atoms with Crippen LogP contribution < -0.4 is 5.32 Å². The van der Waals surface area contributed by atoms with Crippen LogP contribution >= 0.6 is 0 Å². The highest BCUT2D eigenvalue weighted by molar-refractivity contribution is 5.44. The second-order valence-electron chi connectivity index (χ2n) is 4.76. The first-order chi connectivity index (χ1) is 9.28. The molecule has 2 rings (SSSR count). The van der Waals surface area contributed by atoms with Gasteiger partial charge in [0.15, 0.2) is 0 Å². The minimum Gasteiger partial charge on any atom is -0.388 e. The van der Waals surface area contributed by atoms with E-state index in [0.717, 1.165) is 30.9 Å². The van der Waals surface area contributed by atoms with Gasteiger partial charge in [0.1, 0.15) is 0 Å². The first-order valence-corrected chi connectivity index (χ1v) is 6.63. The van der Waals surface area contributed by atoms with Crippen molar-refractivity contribution in [3.05, 3.63) is 59.9 Å². The van der Waals surface area contributed by atoms with Crippen LogP contribution in [0, 0.1) is 0 Å². The van der Waals surface area contributed by atoms with Gasteiger partial charge in [-0.25, -0.2) is 0 Å². The van der Waals surface area contributed by atoms with Gasteiger partial charge in [-0.05, 0) is 36.9 Å². The molecule has 1 aromatic heterocycles. The van der Waals surface area contributed by atoms with Crippen molar-refractivity contribution in [3.8, 4) is 0 Å². The van der Waals surface area contributed by atoms with Crippen molar-refractivity contribution in [1.29, 1.82) is 0 Å². The lowest BCUT2D eigenvalue weighted by atomic mass is 10.2. The molecule has 1 N–H and O–H groups in total. The minimum atomic E-state index is 0.961. The largest absolute Gasteiger partial charge is 0.388 e. The molecule has 0 amide bonds. The number of hydrogen-bond acceptors (Lipinski definition) is 3. The Hall–Kier alpha value is -1.87. The third kappa shape index (κ3) is 4.38. The molecule has 0 saturated carbocycles. The van der Waals surface area contributed by atoms with Gasteiger partial charge in [-0.1, -0.05) is 18.2 Å². The predicted molar refractivity (Wildman–Crippen MR) is 80.3 cm³/mol. The Balaban J connectivity index is 1.85. The van der Waals surface area contributed by atoms with Crippen molar-refractivity contribution < 1.29 is 0 Å². The number of likely N-dealkylation sites (N-methyl/N-ethyl adjacent to an activating group) is 1. The molecule has 0 aliphatic rings. The van der Waals surface area contributed by atoms with Gasteiger partial charge in [-0.3, -0.25) is 4.98 Å². The van der Waals surface area contributed by atoms with Crippen LogP contribution in [0.2, 0.25) is 0 Å². The third-order valence-corrected chi connectivity index (χ3v) is 3.14. The van der Waals surface area contributed by atoms with E-state index in [4.69, 9.17) is 0 Å². The summed E-state index contributed by atoms with van der Waals surface area (Å²) in [5, 5.41) is 3.17. The van der Waals surface area contributed by atoms with Crippen LogP contribution in [0.1, 0.15) is 11.3 Å². The maximum Gasteiger partial charge on any atom is 0.0416 e. The van der Waals surface area contributed by atoms with E-state index < -0.39 is 0 Å². The lowest BCUT2D eigenvalue weighted by molar-refractivity contribution is 0.330. The van der Waals surface area contributed by atoms with Gasteiger partial charge in [0.2, 0.25) is 0 Å². The van der Waals surface area contributed by atoms with Crippen molar-refractivity contribution in [2.24, 2.45) is 0 Å². The molecule has 0 atom stereocenters. The average molecular weight is 255 g/mol. The molecule has 1 aromatic carbocycles. The van der Waals surface area contributed by atoms with Crippen molar-refractivity contribution in [1.82, 2.24) is 9.88 Å². The second kappa shape index (κ2) is 6.90. The third-order valence-electron chi connectivity index (χ3n) is 3.14. The number of anilines is 1. The van der Waals surface area contributed by atoms with Crippen molar-refractivity contribution in [2.45, 2.75) is 13.0 Å². The smallest absolute Gasteiger partial charge is 0.0416 e. The maximum absolute atomic E-state index is 4.35. The number of benzene rings is 1. The number of nitrogens with zero attached hydrogens (tertiary/aromatic N) is 2.